The van der Waals surface area contributed by atoms with Crippen LogP contribution in [0.1, 0.15) is 32.3 Å². The van der Waals surface area contributed by atoms with Gasteiger partial charge in [0.15, 0.2) is 0 Å². The van der Waals surface area contributed by atoms with Gasteiger partial charge in [0.2, 0.25) is 0 Å². The highest BCUT2D eigenvalue weighted by Crippen LogP contribution is 2.17. The van der Waals surface area contributed by atoms with E-state index in [9.17, 15) is 14.4 Å². The number of nitrogens with two attached hydrogens (primary N) is 1. The number of hydrogen-bond acceptors (Lipinski definition) is 4. The molecular formula is C10H10ClNO6. The standard InChI is InChI=1S/C10H9NO6.ClH/c11-7(10(16)17)4-1-2-5(8(12)13)6(3-4)9(14)15;/h1-3,7H,11H2,(H,12,13)(H,14,15)(H,16,17);1H/t7-;/m0./s1. The number of rotatable bonds is 4. The molecule has 0 spiro atoms. The van der Waals surface area contributed by atoms with Gasteiger partial charge in [-0.05, 0) is 17.7 Å². The first-order valence-corrected chi connectivity index (χ1v) is 4.43. The Hall–Kier alpha value is -2.12. The molecule has 0 saturated heterocycles. The van der Waals surface area contributed by atoms with Crippen molar-refractivity contribution in [2.75, 3.05) is 0 Å². The molecule has 0 aromatic heterocycles. The van der Waals surface area contributed by atoms with E-state index >= 15 is 0 Å². The summed E-state index contributed by atoms with van der Waals surface area (Å²) in [5, 5.41) is 26.2. The lowest BCUT2D eigenvalue weighted by Crippen LogP contribution is -2.21. The normalized spacial score (nSPS) is 11.2. The van der Waals surface area contributed by atoms with Crippen LogP contribution >= 0.6 is 12.4 Å². The van der Waals surface area contributed by atoms with Crippen molar-refractivity contribution in [3.8, 4) is 0 Å². The van der Waals surface area contributed by atoms with Crippen molar-refractivity contribution in [2.45, 2.75) is 6.04 Å². The van der Waals surface area contributed by atoms with Gasteiger partial charge in [-0.3, -0.25) is 4.79 Å². The third-order valence-corrected chi connectivity index (χ3v) is 2.13. The van der Waals surface area contributed by atoms with Crippen molar-refractivity contribution >= 4 is 30.3 Å². The quantitative estimate of drug-likeness (QED) is 0.631. The Morgan fingerprint density at radius 3 is 1.89 bits per heavy atom. The van der Waals surface area contributed by atoms with Crippen molar-refractivity contribution in [1.29, 1.82) is 0 Å². The van der Waals surface area contributed by atoms with Crippen LogP contribution < -0.4 is 5.73 Å². The fourth-order valence-electron chi connectivity index (χ4n) is 1.26. The minimum atomic E-state index is -1.46. The second-order valence-corrected chi connectivity index (χ2v) is 3.23. The molecule has 0 bridgehead atoms. The summed E-state index contributed by atoms with van der Waals surface area (Å²) in [6.45, 7) is 0. The zero-order valence-corrected chi connectivity index (χ0v) is 9.68. The van der Waals surface area contributed by atoms with Crippen molar-refractivity contribution in [3.63, 3.8) is 0 Å². The minimum Gasteiger partial charge on any atom is -0.480 e. The van der Waals surface area contributed by atoms with Crippen LogP contribution in [-0.4, -0.2) is 33.2 Å². The first-order valence-electron chi connectivity index (χ1n) is 4.43. The van der Waals surface area contributed by atoms with E-state index < -0.39 is 35.1 Å². The lowest BCUT2D eigenvalue weighted by Gasteiger charge is -2.09. The average molecular weight is 276 g/mol. The van der Waals surface area contributed by atoms with E-state index in [2.05, 4.69) is 0 Å². The Bertz CT molecular complexity index is 501. The molecule has 0 aliphatic heterocycles. The van der Waals surface area contributed by atoms with Gasteiger partial charge in [-0.2, -0.15) is 0 Å². The van der Waals surface area contributed by atoms with Crippen LogP contribution in [-0.2, 0) is 4.79 Å². The molecule has 1 atom stereocenters. The molecule has 1 rings (SSSR count). The SMILES string of the molecule is Cl.N[C@H](C(=O)O)c1ccc(C(=O)O)c(C(=O)O)c1. The fourth-order valence-corrected chi connectivity index (χ4v) is 1.26. The molecule has 8 heteroatoms. The van der Waals surface area contributed by atoms with E-state index in [0.29, 0.717) is 0 Å². The van der Waals surface area contributed by atoms with E-state index in [1.807, 2.05) is 0 Å². The van der Waals surface area contributed by atoms with Gasteiger partial charge in [0.05, 0.1) is 11.1 Å². The summed E-state index contributed by atoms with van der Waals surface area (Å²) in [5.74, 6) is -4.19. The van der Waals surface area contributed by atoms with Crippen LogP contribution in [0.3, 0.4) is 0 Å². The maximum atomic E-state index is 10.8. The number of hydrogen-bond donors (Lipinski definition) is 4. The van der Waals surface area contributed by atoms with Crippen LogP contribution in [0.25, 0.3) is 0 Å². The summed E-state index contributed by atoms with van der Waals surface area (Å²) in [4.78, 5) is 32.2. The molecule has 98 valence electrons. The molecule has 0 saturated carbocycles. The van der Waals surface area contributed by atoms with E-state index in [1.54, 1.807) is 0 Å². The molecule has 0 amide bonds. The van der Waals surface area contributed by atoms with E-state index in [0.717, 1.165) is 12.1 Å². The molecule has 5 N–H and O–H groups in total. The highest BCUT2D eigenvalue weighted by molar-refractivity contribution is 6.02. The predicted octanol–water partition coefficient (Wildman–Crippen LogP) is 0.589. The molecule has 1 aromatic rings. The lowest BCUT2D eigenvalue weighted by atomic mass is 10.00. The van der Waals surface area contributed by atoms with E-state index in [4.69, 9.17) is 21.1 Å². The molecule has 0 radical (unpaired) electrons. The van der Waals surface area contributed by atoms with E-state index in [1.165, 1.54) is 6.07 Å². The lowest BCUT2D eigenvalue weighted by molar-refractivity contribution is -0.138. The van der Waals surface area contributed by atoms with Gasteiger partial charge in [-0.25, -0.2) is 9.59 Å². The number of halogens is 1. The Morgan fingerprint density at radius 2 is 1.50 bits per heavy atom. The Kier molecular flexibility index (Phi) is 5.28. The molecule has 0 fully saturated rings. The summed E-state index contributed by atoms with van der Waals surface area (Å²) in [7, 11) is 0. The predicted molar refractivity (Wildman–Crippen MR) is 62.2 cm³/mol. The van der Waals surface area contributed by atoms with Crippen molar-refractivity contribution in [2.24, 2.45) is 5.73 Å². The number of aromatic carboxylic acids is 2. The third-order valence-electron chi connectivity index (χ3n) is 2.13. The average Bonchev–Trinajstić information content (AvgIpc) is 2.26. The molecule has 0 heterocycles. The van der Waals surface area contributed by atoms with Crippen LogP contribution in [0, 0.1) is 0 Å². The number of carboxylic acids is 3. The zero-order chi connectivity index (χ0) is 13.2. The highest BCUT2D eigenvalue weighted by atomic mass is 35.5. The second-order valence-electron chi connectivity index (χ2n) is 3.23. The summed E-state index contributed by atoms with van der Waals surface area (Å²) in [5.41, 5.74) is 4.41. The van der Waals surface area contributed by atoms with Crippen LogP contribution in [0.2, 0.25) is 0 Å². The van der Waals surface area contributed by atoms with Gasteiger partial charge in [-0.1, -0.05) is 6.07 Å². The monoisotopic (exact) mass is 275 g/mol. The number of carboxylic acid groups (broad SMARTS) is 3. The van der Waals surface area contributed by atoms with Crippen LogP contribution in [0.15, 0.2) is 18.2 Å². The van der Waals surface area contributed by atoms with Gasteiger partial charge in [0.25, 0.3) is 0 Å². The Labute approximate surface area is 107 Å². The Balaban J connectivity index is 0.00000289. The molecule has 0 aliphatic carbocycles. The largest absolute Gasteiger partial charge is 0.480 e. The zero-order valence-electron chi connectivity index (χ0n) is 8.86. The smallest absolute Gasteiger partial charge is 0.336 e. The molecule has 18 heavy (non-hydrogen) atoms. The number of carbonyl (C=O) groups is 3. The van der Waals surface area contributed by atoms with Crippen LogP contribution in [0.5, 0.6) is 0 Å². The van der Waals surface area contributed by atoms with Crippen molar-refractivity contribution < 1.29 is 29.7 Å². The number of aliphatic carboxylic acids is 1. The molecule has 1 aromatic carbocycles. The topological polar surface area (TPSA) is 138 Å². The van der Waals surface area contributed by atoms with Crippen LogP contribution in [0.4, 0.5) is 0 Å². The van der Waals surface area contributed by atoms with Gasteiger partial charge < -0.3 is 21.1 Å². The second kappa shape index (κ2) is 5.99. The number of benzene rings is 1. The first kappa shape index (κ1) is 15.9. The van der Waals surface area contributed by atoms with Gasteiger partial charge >= 0.3 is 17.9 Å². The highest BCUT2D eigenvalue weighted by Gasteiger charge is 2.20. The molecule has 0 unspecified atom stereocenters. The Morgan fingerprint density at radius 1 is 1.00 bits per heavy atom. The summed E-state index contributed by atoms with van der Waals surface area (Å²) in [6.07, 6.45) is 0. The van der Waals surface area contributed by atoms with Gasteiger partial charge in [0.1, 0.15) is 6.04 Å². The van der Waals surface area contributed by atoms with Gasteiger partial charge in [-0.15, -0.1) is 12.4 Å². The first-order chi connectivity index (χ1) is 7.84. The van der Waals surface area contributed by atoms with Gasteiger partial charge in [0, 0.05) is 0 Å². The van der Waals surface area contributed by atoms with Crippen molar-refractivity contribution in [1.82, 2.24) is 0 Å². The maximum absolute atomic E-state index is 10.8. The molecular weight excluding hydrogens is 266 g/mol. The summed E-state index contributed by atoms with van der Waals surface area (Å²) in [6, 6.07) is 1.75. The summed E-state index contributed by atoms with van der Waals surface area (Å²) >= 11 is 0. The molecule has 0 aliphatic rings. The van der Waals surface area contributed by atoms with E-state index in [-0.39, 0.29) is 18.0 Å². The molecule has 7 nitrogen and oxygen atoms in total. The summed E-state index contributed by atoms with van der Waals surface area (Å²) < 4.78 is 0. The third kappa shape index (κ3) is 3.19. The fraction of sp³-hybridized carbons (Fsp3) is 0.100. The maximum Gasteiger partial charge on any atom is 0.336 e. The van der Waals surface area contributed by atoms with Crippen molar-refractivity contribution in [3.05, 3.63) is 34.9 Å². The minimum absolute atomic E-state index is 0.